The Bertz CT molecular complexity index is 278. The third kappa shape index (κ3) is 3.69. The highest BCUT2D eigenvalue weighted by Gasteiger charge is 2.30. The van der Waals surface area contributed by atoms with E-state index in [4.69, 9.17) is 5.73 Å². The van der Waals surface area contributed by atoms with Crippen LogP contribution in [0.5, 0.6) is 0 Å². The molecule has 2 aliphatic carbocycles. The Hall–Kier alpha value is -0.610. The van der Waals surface area contributed by atoms with Gasteiger partial charge in [0.15, 0.2) is 0 Å². The van der Waals surface area contributed by atoms with E-state index in [9.17, 15) is 4.79 Å². The van der Waals surface area contributed by atoms with E-state index in [0.717, 1.165) is 25.9 Å². The van der Waals surface area contributed by atoms with Gasteiger partial charge >= 0.3 is 0 Å². The lowest BCUT2D eigenvalue weighted by atomic mass is 9.83. The predicted molar refractivity (Wildman–Crippen MR) is 73.2 cm³/mol. The molecule has 4 nitrogen and oxygen atoms in total. The van der Waals surface area contributed by atoms with Gasteiger partial charge in [-0.05, 0) is 44.7 Å². The van der Waals surface area contributed by atoms with E-state index < -0.39 is 0 Å². The fraction of sp³-hybridized carbons (Fsp3) is 0.929. The molecule has 2 saturated carbocycles. The smallest absolute Gasteiger partial charge is 0.234 e. The Morgan fingerprint density at radius 3 is 2.61 bits per heavy atom. The number of carbonyl (C=O) groups excluding carboxylic acids is 1. The average molecular weight is 253 g/mol. The summed E-state index contributed by atoms with van der Waals surface area (Å²) in [6.07, 6.45) is 7.32. The fourth-order valence-corrected chi connectivity index (χ4v) is 3.09. The van der Waals surface area contributed by atoms with Gasteiger partial charge in [0, 0.05) is 12.1 Å². The topological polar surface area (TPSA) is 58.4 Å². The second kappa shape index (κ2) is 6.53. The molecule has 104 valence electrons. The third-order valence-electron chi connectivity index (χ3n) is 4.34. The van der Waals surface area contributed by atoms with Crippen LogP contribution in [-0.2, 0) is 4.79 Å². The molecule has 0 spiro atoms. The maximum absolute atomic E-state index is 11.9. The fourth-order valence-electron chi connectivity index (χ4n) is 3.09. The molecular formula is C14H27N3O. The van der Waals surface area contributed by atoms with E-state index in [0.29, 0.717) is 24.5 Å². The molecule has 2 unspecified atom stereocenters. The predicted octanol–water partition coefficient (Wildman–Crippen LogP) is 1.10. The molecule has 18 heavy (non-hydrogen) atoms. The van der Waals surface area contributed by atoms with Crippen LogP contribution in [-0.4, -0.2) is 42.5 Å². The summed E-state index contributed by atoms with van der Waals surface area (Å²) in [7, 11) is 0. The summed E-state index contributed by atoms with van der Waals surface area (Å²) in [6, 6.07) is 0.978. The summed E-state index contributed by atoms with van der Waals surface area (Å²) in [5.41, 5.74) is 5.88. The van der Waals surface area contributed by atoms with Gasteiger partial charge in [0.25, 0.3) is 0 Å². The Kier molecular flexibility index (Phi) is 5.01. The standard InChI is InChI=1S/C14H27N3O/c1-2-17(10-14(18)16-12-7-8-12)13-6-4-3-5-11(13)9-15/h11-13H,2-10,15H2,1H3,(H,16,18). The Balaban J connectivity index is 1.86. The van der Waals surface area contributed by atoms with Crippen molar-refractivity contribution in [3.05, 3.63) is 0 Å². The molecule has 0 saturated heterocycles. The molecule has 3 N–H and O–H groups in total. The summed E-state index contributed by atoms with van der Waals surface area (Å²) in [5, 5.41) is 3.08. The summed E-state index contributed by atoms with van der Waals surface area (Å²) >= 11 is 0. The van der Waals surface area contributed by atoms with Crippen molar-refractivity contribution in [2.75, 3.05) is 19.6 Å². The number of nitrogens with one attached hydrogen (secondary N) is 1. The lowest BCUT2D eigenvalue weighted by Gasteiger charge is -2.38. The van der Waals surface area contributed by atoms with E-state index >= 15 is 0 Å². The normalized spacial score (nSPS) is 28.4. The minimum atomic E-state index is 0.195. The van der Waals surface area contributed by atoms with E-state index in [1.54, 1.807) is 0 Å². The zero-order valence-electron chi connectivity index (χ0n) is 11.5. The van der Waals surface area contributed by atoms with Crippen LogP contribution in [0.15, 0.2) is 0 Å². The van der Waals surface area contributed by atoms with Crippen LogP contribution in [0.25, 0.3) is 0 Å². The molecule has 2 aliphatic rings. The molecule has 0 aliphatic heterocycles. The largest absolute Gasteiger partial charge is 0.352 e. The van der Waals surface area contributed by atoms with Crippen molar-refractivity contribution in [1.29, 1.82) is 0 Å². The number of hydrogen-bond donors (Lipinski definition) is 2. The van der Waals surface area contributed by atoms with Crippen LogP contribution in [0.4, 0.5) is 0 Å². The highest BCUT2D eigenvalue weighted by atomic mass is 16.2. The first-order valence-corrected chi connectivity index (χ1v) is 7.48. The van der Waals surface area contributed by atoms with Gasteiger partial charge in [-0.15, -0.1) is 0 Å². The highest BCUT2D eigenvalue weighted by Crippen LogP contribution is 2.27. The van der Waals surface area contributed by atoms with Gasteiger partial charge in [0.2, 0.25) is 5.91 Å². The van der Waals surface area contributed by atoms with Gasteiger partial charge in [-0.2, -0.15) is 0 Å². The van der Waals surface area contributed by atoms with Crippen molar-refractivity contribution in [3.8, 4) is 0 Å². The maximum atomic E-state index is 11.9. The summed E-state index contributed by atoms with van der Waals surface area (Å²) in [5.74, 6) is 0.771. The minimum absolute atomic E-state index is 0.195. The number of hydrogen-bond acceptors (Lipinski definition) is 3. The van der Waals surface area contributed by atoms with E-state index in [2.05, 4.69) is 17.1 Å². The molecule has 2 rings (SSSR count). The van der Waals surface area contributed by atoms with Crippen LogP contribution in [0.1, 0.15) is 45.4 Å². The SMILES string of the molecule is CCN(CC(=O)NC1CC1)C1CCCCC1CN. The van der Waals surface area contributed by atoms with E-state index in [1.165, 1.54) is 25.7 Å². The van der Waals surface area contributed by atoms with Gasteiger partial charge in [0.1, 0.15) is 0 Å². The lowest BCUT2D eigenvalue weighted by molar-refractivity contribution is -0.123. The van der Waals surface area contributed by atoms with Gasteiger partial charge in [-0.3, -0.25) is 9.69 Å². The Morgan fingerprint density at radius 2 is 2.00 bits per heavy atom. The van der Waals surface area contributed by atoms with E-state index in [1.807, 2.05) is 0 Å². The second-order valence-corrected chi connectivity index (χ2v) is 5.75. The molecule has 0 aromatic heterocycles. The minimum Gasteiger partial charge on any atom is -0.352 e. The second-order valence-electron chi connectivity index (χ2n) is 5.75. The van der Waals surface area contributed by atoms with Crippen molar-refractivity contribution in [2.45, 2.75) is 57.5 Å². The monoisotopic (exact) mass is 253 g/mol. The van der Waals surface area contributed by atoms with Gasteiger partial charge in [-0.1, -0.05) is 19.8 Å². The quantitative estimate of drug-likeness (QED) is 0.745. The molecule has 0 heterocycles. The van der Waals surface area contributed by atoms with Crippen LogP contribution >= 0.6 is 0 Å². The first-order chi connectivity index (χ1) is 8.74. The highest BCUT2D eigenvalue weighted by molar-refractivity contribution is 5.78. The van der Waals surface area contributed by atoms with Gasteiger partial charge < -0.3 is 11.1 Å². The van der Waals surface area contributed by atoms with Crippen molar-refractivity contribution in [2.24, 2.45) is 11.7 Å². The first kappa shape index (κ1) is 13.8. The molecule has 0 bridgehead atoms. The summed E-state index contributed by atoms with van der Waals surface area (Å²) in [4.78, 5) is 14.2. The Morgan fingerprint density at radius 1 is 1.28 bits per heavy atom. The van der Waals surface area contributed by atoms with Crippen molar-refractivity contribution < 1.29 is 4.79 Å². The molecule has 4 heteroatoms. The number of nitrogens with zero attached hydrogens (tertiary/aromatic N) is 1. The molecule has 1 amide bonds. The first-order valence-electron chi connectivity index (χ1n) is 7.48. The van der Waals surface area contributed by atoms with Gasteiger partial charge in [0.05, 0.1) is 6.54 Å². The average Bonchev–Trinajstić information content (AvgIpc) is 3.19. The number of rotatable bonds is 6. The zero-order chi connectivity index (χ0) is 13.0. The molecule has 2 fully saturated rings. The molecule has 0 radical (unpaired) electrons. The number of carbonyl (C=O) groups is 1. The lowest BCUT2D eigenvalue weighted by Crippen LogP contribution is -2.49. The number of nitrogens with two attached hydrogens (primary N) is 1. The van der Waals surface area contributed by atoms with Crippen LogP contribution in [0.2, 0.25) is 0 Å². The third-order valence-corrected chi connectivity index (χ3v) is 4.34. The summed E-state index contributed by atoms with van der Waals surface area (Å²) < 4.78 is 0. The molecule has 2 atom stereocenters. The molecule has 0 aromatic carbocycles. The van der Waals surface area contributed by atoms with Crippen LogP contribution in [0, 0.1) is 5.92 Å². The number of amides is 1. The van der Waals surface area contributed by atoms with Crippen LogP contribution in [0.3, 0.4) is 0 Å². The maximum Gasteiger partial charge on any atom is 0.234 e. The van der Waals surface area contributed by atoms with Crippen molar-refractivity contribution >= 4 is 5.91 Å². The number of likely N-dealkylation sites (N-methyl/N-ethyl adjacent to an activating group) is 1. The van der Waals surface area contributed by atoms with E-state index in [-0.39, 0.29) is 5.91 Å². The summed E-state index contributed by atoms with van der Waals surface area (Å²) in [6.45, 7) is 4.39. The van der Waals surface area contributed by atoms with Gasteiger partial charge in [-0.25, -0.2) is 0 Å². The molecular weight excluding hydrogens is 226 g/mol. The Labute approximate surface area is 110 Å². The van der Waals surface area contributed by atoms with Crippen LogP contribution < -0.4 is 11.1 Å². The molecule has 0 aromatic rings. The van der Waals surface area contributed by atoms with Crippen molar-refractivity contribution in [1.82, 2.24) is 10.2 Å². The van der Waals surface area contributed by atoms with Crippen molar-refractivity contribution in [3.63, 3.8) is 0 Å². The zero-order valence-corrected chi connectivity index (χ0v) is 11.5.